The van der Waals surface area contributed by atoms with Crippen molar-refractivity contribution in [2.75, 3.05) is 33.4 Å². The van der Waals surface area contributed by atoms with Crippen molar-refractivity contribution in [3.8, 4) is 0 Å². The largest absolute Gasteiger partial charge is 0.388 e. The Morgan fingerprint density at radius 3 is 2.39 bits per heavy atom. The summed E-state index contributed by atoms with van der Waals surface area (Å²) in [5.41, 5.74) is -0.686. The van der Waals surface area contributed by atoms with Crippen LogP contribution in [0.15, 0.2) is 4.99 Å². The monoisotopic (exact) mass is 259 g/mol. The summed E-state index contributed by atoms with van der Waals surface area (Å²) in [4.78, 5) is 4.43. The highest BCUT2D eigenvalue weighted by atomic mass is 16.5. The topological polar surface area (TPSA) is 65.9 Å². The molecule has 0 aromatic heterocycles. The second-order valence-corrected chi connectivity index (χ2v) is 4.40. The van der Waals surface area contributed by atoms with Crippen LogP contribution >= 0.6 is 0 Å². The van der Waals surface area contributed by atoms with Gasteiger partial charge in [-0.15, -0.1) is 0 Å². The Bertz CT molecular complexity index is 228. The van der Waals surface area contributed by atoms with E-state index in [1.54, 1.807) is 7.11 Å². The highest BCUT2D eigenvalue weighted by Crippen LogP contribution is 2.14. The van der Waals surface area contributed by atoms with Crippen LogP contribution in [-0.4, -0.2) is 50.0 Å². The van der Waals surface area contributed by atoms with Gasteiger partial charge in [-0.2, -0.15) is 0 Å². The van der Waals surface area contributed by atoms with Crippen molar-refractivity contribution in [2.24, 2.45) is 4.99 Å². The maximum absolute atomic E-state index is 10.2. The van der Waals surface area contributed by atoms with Crippen molar-refractivity contribution in [1.29, 1.82) is 0 Å². The molecule has 0 fully saturated rings. The van der Waals surface area contributed by atoms with Crippen molar-refractivity contribution in [2.45, 2.75) is 45.6 Å². The van der Waals surface area contributed by atoms with Crippen molar-refractivity contribution in [3.63, 3.8) is 0 Å². The molecular formula is C13H29N3O2. The summed E-state index contributed by atoms with van der Waals surface area (Å²) >= 11 is 0. The summed E-state index contributed by atoms with van der Waals surface area (Å²) < 4.78 is 4.99. The lowest BCUT2D eigenvalue weighted by molar-refractivity contribution is 0.0418. The van der Waals surface area contributed by atoms with Gasteiger partial charge in [-0.25, -0.2) is 0 Å². The van der Waals surface area contributed by atoms with Gasteiger partial charge in [0.25, 0.3) is 0 Å². The zero-order chi connectivity index (χ0) is 13.9. The molecule has 0 bridgehead atoms. The van der Waals surface area contributed by atoms with Crippen LogP contribution in [0, 0.1) is 0 Å². The lowest BCUT2D eigenvalue weighted by atomic mass is 9.98. The third kappa shape index (κ3) is 7.50. The number of rotatable bonds is 9. The van der Waals surface area contributed by atoms with Gasteiger partial charge >= 0.3 is 0 Å². The Morgan fingerprint density at radius 1 is 1.22 bits per heavy atom. The summed E-state index contributed by atoms with van der Waals surface area (Å²) in [5.74, 6) is 0.758. The smallest absolute Gasteiger partial charge is 0.191 e. The third-order valence-electron chi connectivity index (χ3n) is 3.01. The third-order valence-corrected chi connectivity index (χ3v) is 3.01. The van der Waals surface area contributed by atoms with Gasteiger partial charge < -0.3 is 20.5 Å². The molecule has 0 unspecified atom stereocenters. The molecule has 108 valence electrons. The Labute approximate surface area is 111 Å². The van der Waals surface area contributed by atoms with Gasteiger partial charge in [-0.05, 0) is 26.2 Å². The molecule has 0 aliphatic rings. The van der Waals surface area contributed by atoms with Crippen LogP contribution in [0.2, 0.25) is 0 Å². The molecule has 0 radical (unpaired) electrons. The maximum atomic E-state index is 10.2. The summed E-state index contributed by atoms with van der Waals surface area (Å²) in [6.07, 6.45) is 2.37. The molecule has 0 heterocycles. The zero-order valence-corrected chi connectivity index (χ0v) is 12.3. The molecule has 0 saturated heterocycles. The summed E-state index contributed by atoms with van der Waals surface area (Å²) in [5, 5.41) is 16.6. The van der Waals surface area contributed by atoms with Crippen molar-refractivity contribution >= 4 is 5.96 Å². The van der Waals surface area contributed by atoms with E-state index in [1.165, 1.54) is 0 Å². The number of nitrogens with one attached hydrogen (secondary N) is 2. The predicted octanol–water partition coefficient (Wildman–Crippen LogP) is 1.13. The van der Waals surface area contributed by atoms with Crippen molar-refractivity contribution in [1.82, 2.24) is 10.6 Å². The van der Waals surface area contributed by atoms with Crippen LogP contribution in [0.5, 0.6) is 0 Å². The average molecular weight is 259 g/mol. The van der Waals surface area contributed by atoms with Crippen LogP contribution in [0.4, 0.5) is 0 Å². The number of methoxy groups -OCH3 is 1. The SMILES string of the molecule is CCNC(=NCC(O)(CC)CC)NCCCOC. The van der Waals surface area contributed by atoms with E-state index in [4.69, 9.17) is 4.74 Å². The van der Waals surface area contributed by atoms with Gasteiger partial charge in [0.2, 0.25) is 0 Å². The van der Waals surface area contributed by atoms with Gasteiger partial charge in [-0.3, -0.25) is 4.99 Å². The lowest BCUT2D eigenvalue weighted by Gasteiger charge is -2.23. The van der Waals surface area contributed by atoms with E-state index in [-0.39, 0.29) is 0 Å². The quantitative estimate of drug-likeness (QED) is 0.330. The first-order valence-electron chi connectivity index (χ1n) is 6.85. The minimum Gasteiger partial charge on any atom is -0.388 e. The molecule has 0 amide bonds. The molecule has 0 spiro atoms. The predicted molar refractivity (Wildman–Crippen MR) is 76.0 cm³/mol. The number of hydrogen-bond donors (Lipinski definition) is 3. The number of aliphatic imine (C=N–C) groups is 1. The van der Waals surface area contributed by atoms with Gasteiger partial charge in [0.1, 0.15) is 0 Å². The second-order valence-electron chi connectivity index (χ2n) is 4.40. The Balaban J connectivity index is 4.21. The number of ether oxygens (including phenoxy) is 1. The molecule has 5 heteroatoms. The molecule has 18 heavy (non-hydrogen) atoms. The molecule has 0 aromatic carbocycles. The van der Waals surface area contributed by atoms with E-state index in [1.807, 2.05) is 20.8 Å². The first-order valence-corrected chi connectivity index (χ1v) is 6.85. The molecule has 0 aliphatic carbocycles. The van der Waals surface area contributed by atoms with Crippen LogP contribution in [0.3, 0.4) is 0 Å². The summed E-state index contributed by atoms with van der Waals surface area (Å²) in [6.45, 7) is 8.79. The summed E-state index contributed by atoms with van der Waals surface area (Å²) in [7, 11) is 1.70. The van der Waals surface area contributed by atoms with Gasteiger partial charge in [0.15, 0.2) is 5.96 Å². The van der Waals surface area contributed by atoms with E-state index >= 15 is 0 Å². The van der Waals surface area contributed by atoms with Crippen LogP contribution in [-0.2, 0) is 4.74 Å². The molecule has 0 aliphatic heterocycles. The molecule has 0 rings (SSSR count). The van der Waals surface area contributed by atoms with E-state index in [0.717, 1.165) is 44.9 Å². The van der Waals surface area contributed by atoms with Crippen LogP contribution in [0.25, 0.3) is 0 Å². The molecule has 0 saturated carbocycles. The summed E-state index contributed by atoms with van der Waals surface area (Å²) in [6, 6.07) is 0. The number of aliphatic hydroxyl groups is 1. The lowest BCUT2D eigenvalue weighted by Crippen LogP contribution is -2.40. The van der Waals surface area contributed by atoms with Crippen LogP contribution in [0.1, 0.15) is 40.0 Å². The zero-order valence-electron chi connectivity index (χ0n) is 12.3. The Hall–Kier alpha value is -0.810. The average Bonchev–Trinajstić information content (AvgIpc) is 2.40. The number of hydrogen-bond acceptors (Lipinski definition) is 3. The highest BCUT2D eigenvalue weighted by Gasteiger charge is 2.21. The van der Waals surface area contributed by atoms with E-state index in [2.05, 4.69) is 15.6 Å². The van der Waals surface area contributed by atoms with Gasteiger partial charge in [0.05, 0.1) is 12.1 Å². The molecule has 0 aromatic rings. The minimum absolute atomic E-state index is 0.430. The number of guanidine groups is 1. The normalized spacial score (nSPS) is 12.6. The fourth-order valence-electron chi connectivity index (χ4n) is 1.46. The fraction of sp³-hybridized carbons (Fsp3) is 0.923. The van der Waals surface area contributed by atoms with Crippen molar-refractivity contribution in [3.05, 3.63) is 0 Å². The Kier molecular flexibility index (Phi) is 9.69. The number of nitrogens with zero attached hydrogens (tertiary/aromatic N) is 1. The first-order chi connectivity index (χ1) is 8.61. The Morgan fingerprint density at radius 2 is 1.89 bits per heavy atom. The molecule has 0 atom stereocenters. The second kappa shape index (κ2) is 10.1. The molecule has 3 N–H and O–H groups in total. The van der Waals surface area contributed by atoms with E-state index in [9.17, 15) is 5.11 Å². The van der Waals surface area contributed by atoms with Crippen molar-refractivity contribution < 1.29 is 9.84 Å². The minimum atomic E-state index is -0.686. The van der Waals surface area contributed by atoms with E-state index in [0.29, 0.717) is 6.54 Å². The first kappa shape index (κ1) is 17.2. The highest BCUT2D eigenvalue weighted by molar-refractivity contribution is 5.79. The molecular weight excluding hydrogens is 230 g/mol. The van der Waals surface area contributed by atoms with Gasteiger partial charge in [0, 0.05) is 26.8 Å². The van der Waals surface area contributed by atoms with E-state index < -0.39 is 5.60 Å². The molecule has 5 nitrogen and oxygen atoms in total. The standard InChI is InChI=1S/C13H29N3O2/c1-5-13(17,6-2)11-16-12(14-7-3)15-9-8-10-18-4/h17H,5-11H2,1-4H3,(H2,14,15,16). The van der Waals surface area contributed by atoms with Crippen LogP contribution < -0.4 is 10.6 Å². The fourth-order valence-corrected chi connectivity index (χ4v) is 1.46. The van der Waals surface area contributed by atoms with Gasteiger partial charge in [-0.1, -0.05) is 13.8 Å². The maximum Gasteiger partial charge on any atom is 0.191 e.